The molecule has 7 nitrogen and oxygen atoms in total. The maximum atomic E-state index is 11.0. The van der Waals surface area contributed by atoms with E-state index in [4.69, 9.17) is 14.3 Å². The van der Waals surface area contributed by atoms with Crippen molar-refractivity contribution in [1.29, 1.82) is 0 Å². The zero-order chi connectivity index (χ0) is 15.4. The number of nitro benzene ring substituents is 1. The Kier molecular flexibility index (Phi) is 4.22. The van der Waals surface area contributed by atoms with Crippen LogP contribution in [0.5, 0.6) is 5.75 Å². The summed E-state index contributed by atoms with van der Waals surface area (Å²) in [6.07, 6.45) is 0.682. The van der Waals surface area contributed by atoms with Crippen LogP contribution in [-0.4, -0.2) is 16.0 Å². The zero-order valence-corrected chi connectivity index (χ0v) is 11.2. The summed E-state index contributed by atoms with van der Waals surface area (Å²) in [4.78, 5) is 21.2. The van der Waals surface area contributed by atoms with Crippen LogP contribution in [0.3, 0.4) is 0 Å². The maximum Gasteiger partial charge on any atom is 0.371 e. The molecule has 1 aromatic heterocycles. The summed E-state index contributed by atoms with van der Waals surface area (Å²) < 4.78 is 10.4. The first-order valence-corrected chi connectivity index (χ1v) is 6.23. The lowest BCUT2D eigenvalue weighted by molar-refractivity contribution is -0.386. The van der Waals surface area contributed by atoms with Crippen LogP contribution in [0.4, 0.5) is 5.69 Å². The number of nitrogens with zero attached hydrogens (tertiary/aromatic N) is 1. The Morgan fingerprint density at radius 1 is 1.38 bits per heavy atom. The molecule has 1 aromatic carbocycles. The second kappa shape index (κ2) is 6.08. The van der Waals surface area contributed by atoms with Crippen LogP contribution >= 0.6 is 0 Å². The van der Waals surface area contributed by atoms with Gasteiger partial charge < -0.3 is 14.3 Å². The first kappa shape index (κ1) is 14.6. The van der Waals surface area contributed by atoms with Gasteiger partial charge in [0.25, 0.3) is 0 Å². The van der Waals surface area contributed by atoms with E-state index in [9.17, 15) is 14.9 Å². The van der Waals surface area contributed by atoms with E-state index in [2.05, 4.69) is 0 Å². The van der Waals surface area contributed by atoms with Crippen molar-refractivity contribution < 1.29 is 24.0 Å². The number of nitro groups is 1. The Morgan fingerprint density at radius 3 is 2.71 bits per heavy atom. The highest BCUT2D eigenvalue weighted by Gasteiger charge is 2.17. The Balaban J connectivity index is 2.15. The van der Waals surface area contributed by atoms with Gasteiger partial charge in [-0.25, -0.2) is 4.79 Å². The van der Waals surface area contributed by atoms with Gasteiger partial charge >= 0.3 is 11.7 Å². The van der Waals surface area contributed by atoms with Crippen LogP contribution in [0.1, 0.15) is 28.8 Å². The van der Waals surface area contributed by atoms with Crippen molar-refractivity contribution in [2.75, 3.05) is 0 Å². The molecular weight excluding hydrogens is 278 g/mol. The fraction of sp³-hybridized carbons (Fsp3) is 0.214. The Labute approximate surface area is 119 Å². The highest BCUT2D eigenvalue weighted by molar-refractivity contribution is 5.84. The lowest BCUT2D eigenvalue weighted by atomic mass is 10.1. The summed E-state index contributed by atoms with van der Waals surface area (Å²) in [7, 11) is 0. The zero-order valence-electron chi connectivity index (χ0n) is 11.2. The largest absolute Gasteiger partial charge is 0.479 e. The smallest absolute Gasteiger partial charge is 0.371 e. The van der Waals surface area contributed by atoms with E-state index in [0.717, 1.165) is 5.56 Å². The van der Waals surface area contributed by atoms with Crippen molar-refractivity contribution in [3.8, 4) is 5.75 Å². The molecule has 0 bridgehead atoms. The predicted molar refractivity (Wildman–Crippen MR) is 72.5 cm³/mol. The van der Waals surface area contributed by atoms with E-state index >= 15 is 0 Å². The number of hydrogen-bond donors (Lipinski definition) is 1. The Morgan fingerprint density at radius 2 is 2.14 bits per heavy atom. The minimum atomic E-state index is -1.18. The van der Waals surface area contributed by atoms with Gasteiger partial charge in [-0.2, -0.15) is 0 Å². The molecule has 7 heteroatoms. The molecule has 0 fully saturated rings. The third-order valence-corrected chi connectivity index (χ3v) is 2.87. The molecule has 2 rings (SSSR count). The first-order valence-electron chi connectivity index (χ1n) is 6.23. The van der Waals surface area contributed by atoms with Crippen molar-refractivity contribution in [1.82, 2.24) is 0 Å². The molecular formula is C14H13NO6. The molecule has 0 aliphatic carbocycles. The summed E-state index contributed by atoms with van der Waals surface area (Å²) in [6.45, 7) is 1.81. The average Bonchev–Trinajstić information content (AvgIpc) is 2.94. The Bertz CT molecular complexity index is 676. The summed E-state index contributed by atoms with van der Waals surface area (Å²) >= 11 is 0. The maximum absolute atomic E-state index is 11.0. The molecule has 0 saturated carbocycles. The van der Waals surface area contributed by atoms with E-state index in [1.807, 2.05) is 6.92 Å². The van der Waals surface area contributed by atoms with Crippen molar-refractivity contribution in [2.24, 2.45) is 0 Å². The Hall–Kier alpha value is -2.83. The minimum Gasteiger partial charge on any atom is -0.479 e. The first-order chi connectivity index (χ1) is 10.0. The van der Waals surface area contributed by atoms with E-state index in [0.29, 0.717) is 6.42 Å². The number of aromatic carboxylic acids is 1. The summed E-state index contributed by atoms with van der Waals surface area (Å²) in [5.74, 6) is -0.990. The molecule has 1 heterocycles. The third kappa shape index (κ3) is 3.38. The second-order valence-electron chi connectivity index (χ2n) is 4.27. The molecule has 0 spiro atoms. The number of benzene rings is 1. The number of carboxylic acids is 1. The topological polar surface area (TPSA) is 103 Å². The molecule has 0 aliphatic heterocycles. The van der Waals surface area contributed by atoms with Crippen molar-refractivity contribution >= 4 is 11.7 Å². The fourth-order valence-electron chi connectivity index (χ4n) is 1.77. The third-order valence-electron chi connectivity index (χ3n) is 2.87. The summed E-state index contributed by atoms with van der Waals surface area (Å²) in [5, 5.41) is 19.8. The molecule has 1 N–H and O–H groups in total. The van der Waals surface area contributed by atoms with Crippen molar-refractivity contribution in [3.05, 3.63) is 57.5 Å². The van der Waals surface area contributed by atoms with E-state index in [1.54, 1.807) is 6.07 Å². The summed E-state index contributed by atoms with van der Waals surface area (Å²) in [6, 6.07) is 7.48. The molecule has 110 valence electrons. The highest BCUT2D eigenvalue weighted by atomic mass is 16.6. The standard InChI is InChI=1S/C14H13NO6/c1-2-9-3-5-12(11(7-9)15(18)19)20-8-10-4-6-13(21-10)14(16)17/h3-7H,2,8H2,1H3,(H,16,17). The van der Waals surface area contributed by atoms with Crippen LogP contribution in [0.15, 0.2) is 34.7 Å². The van der Waals surface area contributed by atoms with E-state index in [1.165, 1.54) is 24.3 Å². The van der Waals surface area contributed by atoms with Crippen LogP contribution in [0.2, 0.25) is 0 Å². The number of carbonyl (C=O) groups is 1. The SMILES string of the molecule is CCc1ccc(OCc2ccc(C(=O)O)o2)c([N+](=O)[O-])c1. The molecule has 0 unspecified atom stereocenters. The number of hydrogen-bond acceptors (Lipinski definition) is 5. The molecule has 0 aliphatic rings. The summed E-state index contributed by atoms with van der Waals surface area (Å²) in [5.41, 5.74) is 0.708. The monoisotopic (exact) mass is 291 g/mol. The number of carboxylic acid groups (broad SMARTS) is 1. The van der Waals surface area contributed by atoms with Gasteiger partial charge in [0.05, 0.1) is 4.92 Å². The average molecular weight is 291 g/mol. The van der Waals surface area contributed by atoms with Gasteiger partial charge in [-0.1, -0.05) is 13.0 Å². The highest BCUT2D eigenvalue weighted by Crippen LogP contribution is 2.29. The fourth-order valence-corrected chi connectivity index (χ4v) is 1.77. The molecule has 0 radical (unpaired) electrons. The van der Waals surface area contributed by atoms with Crippen molar-refractivity contribution in [2.45, 2.75) is 20.0 Å². The van der Waals surface area contributed by atoms with E-state index < -0.39 is 10.9 Å². The lowest BCUT2D eigenvalue weighted by Gasteiger charge is -2.06. The van der Waals surface area contributed by atoms with Gasteiger partial charge in [0.15, 0.2) is 5.75 Å². The normalized spacial score (nSPS) is 10.3. The number of aryl methyl sites for hydroxylation is 1. The van der Waals surface area contributed by atoms with Crippen LogP contribution < -0.4 is 4.74 Å². The number of rotatable bonds is 6. The van der Waals surface area contributed by atoms with Gasteiger partial charge in [-0.15, -0.1) is 0 Å². The number of furan rings is 1. The predicted octanol–water partition coefficient (Wildman–Crippen LogP) is 3.03. The van der Waals surface area contributed by atoms with Crippen LogP contribution in [0, 0.1) is 10.1 Å². The molecule has 0 amide bonds. The van der Waals surface area contributed by atoms with Gasteiger partial charge in [0, 0.05) is 6.07 Å². The lowest BCUT2D eigenvalue weighted by Crippen LogP contribution is -1.99. The molecule has 0 atom stereocenters. The second-order valence-corrected chi connectivity index (χ2v) is 4.27. The molecule has 2 aromatic rings. The number of ether oxygens (including phenoxy) is 1. The molecule has 0 saturated heterocycles. The van der Waals surface area contributed by atoms with Crippen molar-refractivity contribution in [3.63, 3.8) is 0 Å². The van der Waals surface area contributed by atoms with Gasteiger partial charge in [-0.3, -0.25) is 10.1 Å². The van der Waals surface area contributed by atoms with Gasteiger partial charge in [-0.05, 0) is 30.2 Å². The van der Waals surface area contributed by atoms with Crippen LogP contribution in [-0.2, 0) is 13.0 Å². The van der Waals surface area contributed by atoms with Crippen LogP contribution in [0.25, 0.3) is 0 Å². The minimum absolute atomic E-state index is 0.0837. The molecule has 21 heavy (non-hydrogen) atoms. The van der Waals surface area contributed by atoms with E-state index in [-0.39, 0.29) is 29.6 Å². The van der Waals surface area contributed by atoms with Gasteiger partial charge in [0.2, 0.25) is 5.76 Å². The van der Waals surface area contributed by atoms with Gasteiger partial charge in [0.1, 0.15) is 12.4 Å². The quantitative estimate of drug-likeness (QED) is 0.648.